The fourth-order valence-corrected chi connectivity index (χ4v) is 3.95. The molecule has 0 atom stereocenters. The van der Waals surface area contributed by atoms with E-state index in [1.165, 1.54) is 11.1 Å². The van der Waals surface area contributed by atoms with Gasteiger partial charge in [-0.15, -0.1) is 0 Å². The standard InChI is InChI=1S/C21H19BrN6/c22-18-13-25-28-19(24-12-15-4-3-8-23-11-15)10-20(26-21(18)28)27-9-7-16-5-1-2-6-17(16)14-27/h1-6,8,10-11,13,24H,7,9,12,14H2. The van der Waals surface area contributed by atoms with E-state index >= 15 is 0 Å². The Morgan fingerprint density at radius 2 is 1.96 bits per heavy atom. The van der Waals surface area contributed by atoms with E-state index in [2.05, 4.69) is 72.6 Å². The summed E-state index contributed by atoms with van der Waals surface area (Å²) >= 11 is 3.58. The van der Waals surface area contributed by atoms with E-state index in [1.54, 1.807) is 12.4 Å². The molecule has 1 aromatic carbocycles. The summed E-state index contributed by atoms with van der Waals surface area (Å²) in [6.45, 7) is 2.49. The fraction of sp³-hybridized carbons (Fsp3) is 0.190. The van der Waals surface area contributed by atoms with E-state index in [-0.39, 0.29) is 0 Å². The van der Waals surface area contributed by atoms with Crippen LogP contribution >= 0.6 is 15.9 Å². The second kappa shape index (κ2) is 7.24. The maximum Gasteiger partial charge on any atom is 0.173 e. The molecule has 0 spiro atoms. The molecule has 0 radical (unpaired) electrons. The molecule has 4 heterocycles. The van der Waals surface area contributed by atoms with Crippen LogP contribution in [0.25, 0.3) is 5.65 Å². The predicted octanol–water partition coefficient (Wildman–Crippen LogP) is 4.06. The minimum Gasteiger partial charge on any atom is -0.366 e. The van der Waals surface area contributed by atoms with Crippen LogP contribution in [0.3, 0.4) is 0 Å². The van der Waals surface area contributed by atoms with E-state index < -0.39 is 0 Å². The molecular formula is C21H19BrN6. The molecule has 1 aliphatic rings. The van der Waals surface area contributed by atoms with Gasteiger partial charge in [-0.05, 0) is 45.1 Å². The van der Waals surface area contributed by atoms with Crippen LogP contribution < -0.4 is 10.2 Å². The van der Waals surface area contributed by atoms with Crippen molar-refractivity contribution >= 4 is 33.2 Å². The van der Waals surface area contributed by atoms with Crippen LogP contribution in [0.2, 0.25) is 0 Å². The Kier molecular flexibility index (Phi) is 4.44. The van der Waals surface area contributed by atoms with Gasteiger partial charge in [0.2, 0.25) is 0 Å². The summed E-state index contributed by atoms with van der Waals surface area (Å²) in [5.74, 6) is 1.87. The number of fused-ring (bicyclic) bond motifs is 2. The average Bonchev–Trinajstić information content (AvgIpc) is 3.13. The van der Waals surface area contributed by atoms with Gasteiger partial charge in [-0.3, -0.25) is 4.98 Å². The number of aromatic nitrogens is 4. The maximum absolute atomic E-state index is 4.87. The minimum absolute atomic E-state index is 0.673. The Morgan fingerprint density at radius 3 is 2.82 bits per heavy atom. The van der Waals surface area contributed by atoms with Gasteiger partial charge in [-0.25, -0.2) is 4.98 Å². The lowest BCUT2D eigenvalue weighted by Gasteiger charge is -2.30. The molecule has 140 valence electrons. The third kappa shape index (κ3) is 3.22. The fourth-order valence-electron chi connectivity index (χ4n) is 3.60. The van der Waals surface area contributed by atoms with Gasteiger partial charge in [0.05, 0.1) is 10.7 Å². The van der Waals surface area contributed by atoms with Gasteiger partial charge >= 0.3 is 0 Å². The third-order valence-electron chi connectivity index (χ3n) is 5.07. The van der Waals surface area contributed by atoms with Crippen molar-refractivity contribution in [2.24, 2.45) is 0 Å². The largest absolute Gasteiger partial charge is 0.366 e. The van der Waals surface area contributed by atoms with Gasteiger partial charge in [0, 0.05) is 38.1 Å². The van der Waals surface area contributed by atoms with E-state index in [4.69, 9.17) is 4.98 Å². The Balaban J connectivity index is 1.49. The van der Waals surface area contributed by atoms with E-state index in [0.717, 1.165) is 46.8 Å². The van der Waals surface area contributed by atoms with Gasteiger partial charge in [0.15, 0.2) is 5.65 Å². The molecular weight excluding hydrogens is 416 g/mol. The van der Waals surface area contributed by atoms with Crippen LogP contribution in [0.5, 0.6) is 0 Å². The van der Waals surface area contributed by atoms with Crippen LogP contribution in [0.15, 0.2) is 65.5 Å². The molecule has 4 aromatic rings. The SMILES string of the molecule is Brc1cnn2c(NCc3cccnc3)cc(N3CCc4ccccc4C3)nc12. The molecule has 0 fully saturated rings. The van der Waals surface area contributed by atoms with Crippen LogP contribution in [-0.2, 0) is 19.5 Å². The van der Waals surface area contributed by atoms with Crippen molar-refractivity contribution in [2.45, 2.75) is 19.5 Å². The summed E-state index contributed by atoms with van der Waals surface area (Å²) in [4.78, 5) is 11.4. The maximum atomic E-state index is 4.87. The Bertz CT molecular complexity index is 1120. The molecule has 5 rings (SSSR count). The molecule has 28 heavy (non-hydrogen) atoms. The zero-order chi connectivity index (χ0) is 18.9. The number of benzene rings is 1. The van der Waals surface area contributed by atoms with Crippen LogP contribution in [0, 0.1) is 0 Å². The molecule has 7 heteroatoms. The molecule has 0 saturated carbocycles. The number of pyridine rings is 1. The lowest BCUT2D eigenvalue weighted by atomic mass is 10.00. The smallest absolute Gasteiger partial charge is 0.173 e. The minimum atomic E-state index is 0.673. The van der Waals surface area contributed by atoms with Crippen molar-refractivity contribution in [2.75, 3.05) is 16.8 Å². The van der Waals surface area contributed by atoms with Crippen molar-refractivity contribution < 1.29 is 0 Å². The van der Waals surface area contributed by atoms with E-state index in [9.17, 15) is 0 Å². The highest BCUT2D eigenvalue weighted by Gasteiger charge is 2.19. The van der Waals surface area contributed by atoms with Crippen molar-refractivity contribution in [3.63, 3.8) is 0 Å². The molecule has 1 N–H and O–H groups in total. The zero-order valence-corrected chi connectivity index (χ0v) is 16.8. The monoisotopic (exact) mass is 434 g/mol. The lowest BCUT2D eigenvalue weighted by Crippen LogP contribution is -2.31. The van der Waals surface area contributed by atoms with E-state index in [1.807, 2.05) is 16.8 Å². The lowest BCUT2D eigenvalue weighted by molar-refractivity contribution is 0.719. The van der Waals surface area contributed by atoms with Crippen molar-refractivity contribution in [1.29, 1.82) is 0 Å². The Labute approximate surface area is 171 Å². The quantitative estimate of drug-likeness (QED) is 0.524. The van der Waals surface area contributed by atoms with Crippen molar-refractivity contribution in [3.8, 4) is 0 Å². The van der Waals surface area contributed by atoms with E-state index in [0.29, 0.717) is 6.54 Å². The van der Waals surface area contributed by atoms with Gasteiger partial charge in [0.1, 0.15) is 11.6 Å². The van der Waals surface area contributed by atoms with Crippen molar-refractivity contribution in [1.82, 2.24) is 19.6 Å². The van der Waals surface area contributed by atoms with Crippen LogP contribution in [-0.4, -0.2) is 26.1 Å². The third-order valence-corrected chi connectivity index (χ3v) is 5.63. The molecule has 1 aliphatic heterocycles. The average molecular weight is 435 g/mol. The van der Waals surface area contributed by atoms with Gasteiger partial charge in [0.25, 0.3) is 0 Å². The summed E-state index contributed by atoms with van der Waals surface area (Å²) in [5, 5.41) is 7.95. The summed E-state index contributed by atoms with van der Waals surface area (Å²) in [6, 6.07) is 14.7. The molecule has 0 aliphatic carbocycles. The number of hydrogen-bond donors (Lipinski definition) is 1. The molecule has 0 amide bonds. The Hall–Kier alpha value is -2.93. The summed E-state index contributed by atoms with van der Waals surface area (Å²) in [5.41, 5.74) is 4.73. The van der Waals surface area contributed by atoms with Crippen LogP contribution in [0.4, 0.5) is 11.6 Å². The Morgan fingerprint density at radius 1 is 1.07 bits per heavy atom. The van der Waals surface area contributed by atoms with Gasteiger partial charge in [-0.1, -0.05) is 30.3 Å². The molecule has 3 aromatic heterocycles. The normalized spacial score (nSPS) is 13.5. The number of anilines is 2. The van der Waals surface area contributed by atoms with Gasteiger partial charge in [-0.2, -0.15) is 9.61 Å². The topological polar surface area (TPSA) is 58.4 Å². The first kappa shape index (κ1) is 17.2. The molecule has 6 nitrogen and oxygen atoms in total. The highest BCUT2D eigenvalue weighted by molar-refractivity contribution is 9.10. The number of hydrogen-bond acceptors (Lipinski definition) is 5. The second-order valence-corrected chi connectivity index (χ2v) is 7.74. The van der Waals surface area contributed by atoms with Crippen LogP contribution in [0.1, 0.15) is 16.7 Å². The first-order chi connectivity index (χ1) is 13.8. The highest BCUT2D eigenvalue weighted by Crippen LogP contribution is 2.28. The zero-order valence-electron chi connectivity index (χ0n) is 15.2. The summed E-state index contributed by atoms with van der Waals surface area (Å²) < 4.78 is 2.72. The van der Waals surface area contributed by atoms with Gasteiger partial charge < -0.3 is 10.2 Å². The first-order valence-corrected chi connectivity index (χ1v) is 10.1. The number of nitrogens with one attached hydrogen (secondary N) is 1. The molecule has 0 saturated heterocycles. The first-order valence-electron chi connectivity index (χ1n) is 9.27. The van der Waals surface area contributed by atoms with Crippen molar-refractivity contribution in [3.05, 3.63) is 82.2 Å². The summed E-state index contributed by atoms with van der Waals surface area (Å²) in [7, 11) is 0. The number of rotatable bonds is 4. The second-order valence-electron chi connectivity index (χ2n) is 6.88. The number of nitrogens with zero attached hydrogens (tertiary/aromatic N) is 5. The molecule has 0 bridgehead atoms. The molecule has 0 unspecified atom stereocenters. The summed E-state index contributed by atoms with van der Waals surface area (Å²) in [6.07, 6.45) is 6.46. The predicted molar refractivity (Wildman–Crippen MR) is 113 cm³/mol. The highest BCUT2D eigenvalue weighted by atomic mass is 79.9. The number of halogens is 1.